The highest BCUT2D eigenvalue weighted by molar-refractivity contribution is 5.90. The van der Waals surface area contributed by atoms with Gasteiger partial charge < -0.3 is 87.2 Å². The first-order valence-corrected chi connectivity index (χ1v) is 46.0. The molecule has 12 N–H and O–H groups in total. The van der Waals surface area contributed by atoms with E-state index in [-0.39, 0.29) is 148 Å². The molecule has 7 heterocycles. The van der Waals surface area contributed by atoms with Crippen LogP contribution in [0.5, 0.6) is 0 Å². The number of aliphatic hydroxyl groups excluding tert-OH is 2. The Morgan fingerprint density at radius 3 is 1.35 bits per heavy atom. The van der Waals surface area contributed by atoms with Crippen LogP contribution in [-0.4, -0.2) is 239 Å². The molecule has 0 bridgehead atoms. The van der Waals surface area contributed by atoms with Crippen LogP contribution in [0.3, 0.4) is 0 Å². The number of β-amino-alcohol motifs (C(OH)–C–C–N with tert-alkyl or cyclic N) is 1. The van der Waals surface area contributed by atoms with Crippen LogP contribution in [0.15, 0.2) is 73.3 Å². The standard InChI is InChI=1S/C13H18N2O3.C13H17NO3.C11H22N2O.C10H20N2O2.C10H18N2O2.C10H16N2O.C10H19NO2.C9H15N3O.C9H16N2O2/c1-4-18-13(17)10-5-6-11(14-7-10)8-15-12(16)9(2)3;1-9(2)12(15)14-8-10-4-6-11(7-5-10)13(16)17-3;1-9(2)11(14)12-8-10-4-6-13(3)7-5-10;1-8(2)10(14)11-4-6-12-5-3-9(13)7-12;1-8(2)10(14)11-5-7-12-6-3-4-9(12)13;1-8(2)10(13)11-6-9-4-5-12(3)7-9;1-7(2)10(13)11-4-3-8-5-9(12)6-8;1-7(2)9(13)10-6-8-4-5-12(3)11-8;1-6(2)8(12)11-5-7-3-4-10-9(7)13/h5-7,9H,4,8H2,1-3H3,(H,15,16);4-7,9H,8H2,1-3H3,(H,14,15);9-10H,4-8H2,1-3H3,(H,12,14);8-9,13H,3-7H2,1-2H3,(H,11,14);8H,3-7H2,1-2H3,(H,11,14);4-5,7-8H,6H2,1-3H3,(H,11,13);7-9,12H,3-6H2,1-2H3,(H,11,13);4-5,7H,6H2,1-3H3,(H,10,13);6-7H,3-5H2,1-2H3,(H,10,13)(H,11,12). The summed E-state index contributed by atoms with van der Waals surface area (Å²) in [5, 5.41) is 50.7. The molecule has 728 valence electrons. The van der Waals surface area contributed by atoms with Crippen molar-refractivity contribution in [2.45, 2.75) is 228 Å². The number of aryl methyl sites for hydroxylation is 2. The molecule has 4 aliphatic heterocycles. The predicted octanol–water partition coefficient (Wildman–Crippen LogP) is 7.39. The SMILES string of the molecule is CC(C)C(=O)NCC1CCN(C)CC1.CC(C)C(=O)NCC1CCNC1=O.CC(C)C(=O)NCCC1CC(O)C1.CC(C)C(=O)NCCN1CCC(O)C1.CC(C)C(=O)NCCN1CCCC1=O.CC(C)C(=O)NCc1ccn(C)c1.CC(C)C(=O)NCc1ccn(C)n1.CCOC(=O)c1ccc(CNC(=O)C(C)C)nc1.COC(=O)c1ccc(CNC(=O)C(C)C)cc1. The number of ether oxygens (including phenoxy) is 2. The zero-order valence-corrected chi connectivity index (χ0v) is 81.8. The fourth-order valence-corrected chi connectivity index (χ4v) is 12.1. The van der Waals surface area contributed by atoms with Gasteiger partial charge in [-0.25, -0.2) is 9.59 Å². The van der Waals surface area contributed by atoms with Crippen molar-refractivity contribution in [3.8, 4) is 0 Å². The number of esters is 2. The Balaban J connectivity index is 0.000000727. The number of pyridine rings is 1. The first kappa shape index (κ1) is 117. The van der Waals surface area contributed by atoms with Crippen LogP contribution in [0.1, 0.15) is 233 Å². The summed E-state index contributed by atoms with van der Waals surface area (Å²) in [4.78, 5) is 156. The number of aliphatic hydroxyl groups is 2. The maximum Gasteiger partial charge on any atom is 0.339 e. The molecule has 3 aromatic heterocycles. The molecular formula is C95H161N17O17. The fraction of sp³-hybridized carbons (Fsp3) is 0.674. The van der Waals surface area contributed by atoms with E-state index < -0.39 is 0 Å². The van der Waals surface area contributed by atoms with Gasteiger partial charge in [0.05, 0.1) is 67.4 Å². The minimum absolute atomic E-state index is 0.00976. The third-order valence-electron chi connectivity index (χ3n) is 20.9. The van der Waals surface area contributed by atoms with Crippen molar-refractivity contribution in [1.29, 1.82) is 0 Å². The zero-order chi connectivity index (χ0) is 97.4. The zero-order valence-electron chi connectivity index (χ0n) is 81.8. The van der Waals surface area contributed by atoms with Crippen LogP contribution in [0.2, 0.25) is 0 Å². The van der Waals surface area contributed by atoms with E-state index in [2.05, 4.69) is 84.8 Å². The third-order valence-corrected chi connectivity index (χ3v) is 20.9. The number of hydrogen-bond donors (Lipinski definition) is 12. The van der Waals surface area contributed by atoms with Crippen molar-refractivity contribution in [1.82, 2.24) is 87.2 Å². The topological polar surface area (TPSA) is 446 Å². The molecule has 0 spiro atoms. The number of carbonyl (C=O) groups is 13. The summed E-state index contributed by atoms with van der Waals surface area (Å²) in [6.07, 6.45) is 15.6. The summed E-state index contributed by atoms with van der Waals surface area (Å²) in [5.74, 6) is 1.71. The molecular weight excluding hydrogens is 1650 g/mol. The number of piperidine rings is 1. The van der Waals surface area contributed by atoms with Gasteiger partial charge in [0.25, 0.3) is 0 Å². The van der Waals surface area contributed by atoms with Gasteiger partial charge in [-0.05, 0) is 138 Å². The van der Waals surface area contributed by atoms with Crippen molar-refractivity contribution >= 4 is 76.9 Å². The normalized spacial score (nSPS) is 16.2. The molecule has 129 heavy (non-hydrogen) atoms. The van der Waals surface area contributed by atoms with Crippen molar-refractivity contribution < 1.29 is 82.0 Å². The van der Waals surface area contributed by atoms with Gasteiger partial charge in [-0.1, -0.05) is 137 Å². The fourth-order valence-electron chi connectivity index (χ4n) is 12.1. The Hall–Kier alpha value is -10.2. The number of hydrogen-bond acceptors (Lipinski definition) is 21. The quantitative estimate of drug-likeness (QED) is 0.0207. The number of likely N-dealkylation sites (tertiary alicyclic amines) is 3. The average molecular weight is 1810 g/mol. The van der Waals surface area contributed by atoms with E-state index in [9.17, 15) is 67.4 Å². The Bertz CT molecular complexity index is 3880. The molecule has 2 atom stereocenters. The van der Waals surface area contributed by atoms with E-state index in [1.54, 1.807) is 52.9 Å². The van der Waals surface area contributed by atoms with Crippen molar-refractivity contribution in [3.63, 3.8) is 0 Å². The molecule has 5 aliphatic rings. The second-order valence-corrected chi connectivity index (χ2v) is 35.8. The summed E-state index contributed by atoms with van der Waals surface area (Å²) in [7, 11) is 7.32. The summed E-state index contributed by atoms with van der Waals surface area (Å²) in [6.45, 7) is 48.2. The van der Waals surface area contributed by atoms with E-state index in [1.807, 2.05) is 174 Å². The van der Waals surface area contributed by atoms with E-state index in [0.717, 1.165) is 101 Å². The molecule has 4 aromatic rings. The van der Waals surface area contributed by atoms with E-state index >= 15 is 0 Å². The number of carbonyl (C=O) groups excluding carboxylic acids is 13. The number of nitrogens with one attached hydrogen (secondary N) is 10. The average Bonchev–Trinajstić information content (AvgIpc) is 1.71. The molecule has 11 amide bonds. The minimum Gasteiger partial charge on any atom is -0.465 e. The lowest BCUT2D eigenvalue weighted by atomic mass is 9.80. The highest BCUT2D eigenvalue weighted by Gasteiger charge is 2.28. The van der Waals surface area contributed by atoms with Crippen molar-refractivity contribution in [2.75, 3.05) is 106 Å². The van der Waals surface area contributed by atoms with E-state index in [0.29, 0.717) is 94.0 Å². The predicted molar refractivity (Wildman–Crippen MR) is 500 cm³/mol. The van der Waals surface area contributed by atoms with Crippen molar-refractivity contribution in [3.05, 3.63) is 107 Å². The molecule has 9 rings (SSSR count). The van der Waals surface area contributed by atoms with Crippen LogP contribution in [-0.2, 0) is 102 Å². The number of nitrogens with zero attached hydrogens (tertiary/aromatic N) is 7. The van der Waals surface area contributed by atoms with Crippen LogP contribution in [0.4, 0.5) is 0 Å². The molecule has 34 heteroatoms. The molecule has 2 unspecified atom stereocenters. The highest BCUT2D eigenvalue weighted by Crippen LogP contribution is 2.29. The Kier molecular flexibility index (Phi) is 59.2. The number of rotatable bonds is 33. The van der Waals surface area contributed by atoms with Gasteiger partial charge in [-0.15, -0.1) is 0 Å². The lowest BCUT2D eigenvalue weighted by Crippen LogP contribution is -2.38. The second kappa shape index (κ2) is 65.4. The van der Waals surface area contributed by atoms with Gasteiger partial charge in [0, 0.05) is 184 Å². The second-order valence-electron chi connectivity index (χ2n) is 35.8. The van der Waals surface area contributed by atoms with Crippen LogP contribution in [0.25, 0.3) is 0 Å². The molecule has 4 saturated heterocycles. The minimum atomic E-state index is -0.386. The maximum atomic E-state index is 11.4. The van der Waals surface area contributed by atoms with Crippen LogP contribution >= 0.6 is 0 Å². The smallest absolute Gasteiger partial charge is 0.339 e. The number of aromatic nitrogens is 4. The lowest BCUT2D eigenvalue weighted by Gasteiger charge is -2.31. The number of methoxy groups -OCH3 is 1. The molecule has 34 nitrogen and oxygen atoms in total. The summed E-state index contributed by atoms with van der Waals surface area (Å²) >= 11 is 0. The summed E-state index contributed by atoms with van der Waals surface area (Å²) in [5.41, 5.74) is 4.60. The monoisotopic (exact) mass is 1810 g/mol. The van der Waals surface area contributed by atoms with Gasteiger partial charge in [0.1, 0.15) is 0 Å². The number of amides is 11. The van der Waals surface area contributed by atoms with Gasteiger partial charge in [-0.3, -0.25) is 67.3 Å². The van der Waals surface area contributed by atoms with Crippen LogP contribution < -0.4 is 53.2 Å². The third kappa shape index (κ3) is 53.5. The first-order valence-electron chi connectivity index (χ1n) is 46.0. The first-order chi connectivity index (χ1) is 60.8. The summed E-state index contributed by atoms with van der Waals surface area (Å²) in [6, 6.07) is 14.2. The van der Waals surface area contributed by atoms with Gasteiger partial charge in [0.2, 0.25) is 65.0 Å². The molecule has 1 aromatic carbocycles. The Labute approximate surface area is 768 Å². The van der Waals surface area contributed by atoms with Gasteiger partial charge in [0.15, 0.2) is 0 Å². The number of benzene rings is 1. The van der Waals surface area contributed by atoms with Gasteiger partial charge >= 0.3 is 11.9 Å². The van der Waals surface area contributed by atoms with Gasteiger partial charge in [-0.2, -0.15) is 5.10 Å². The highest BCUT2D eigenvalue weighted by atomic mass is 16.5. The Morgan fingerprint density at radius 1 is 0.473 bits per heavy atom. The van der Waals surface area contributed by atoms with E-state index in [1.165, 1.54) is 39.2 Å². The maximum absolute atomic E-state index is 11.4. The lowest BCUT2D eigenvalue weighted by molar-refractivity contribution is -0.129. The Morgan fingerprint density at radius 2 is 0.938 bits per heavy atom. The largest absolute Gasteiger partial charge is 0.465 e. The molecule has 1 aliphatic carbocycles. The molecule has 1 saturated carbocycles. The molecule has 0 radical (unpaired) electrons. The van der Waals surface area contributed by atoms with Crippen LogP contribution in [0, 0.1) is 71.0 Å². The summed E-state index contributed by atoms with van der Waals surface area (Å²) < 4.78 is 13.1. The van der Waals surface area contributed by atoms with E-state index in [4.69, 9.17) is 9.84 Å². The molecule has 5 fully saturated rings. The van der Waals surface area contributed by atoms with Crippen molar-refractivity contribution in [2.24, 2.45) is 85.1 Å².